The predicted molar refractivity (Wildman–Crippen MR) is 64.7 cm³/mol. The third-order valence-electron chi connectivity index (χ3n) is 4.19. The van der Waals surface area contributed by atoms with Gasteiger partial charge in [0.15, 0.2) is 0 Å². The van der Waals surface area contributed by atoms with Crippen LogP contribution in [0.1, 0.15) is 37.8 Å². The molecular formula is C14H19NO. The van der Waals surface area contributed by atoms with Crippen LogP contribution in [0.4, 0.5) is 0 Å². The Hall–Kier alpha value is -1.02. The van der Waals surface area contributed by atoms with Gasteiger partial charge in [0.25, 0.3) is 0 Å². The zero-order valence-electron chi connectivity index (χ0n) is 10.2. The molecule has 0 aromatic heterocycles. The molecule has 1 saturated carbocycles. The maximum Gasteiger partial charge on any atom is 0.123 e. The van der Waals surface area contributed by atoms with Crippen molar-refractivity contribution in [3.05, 3.63) is 29.3 Å². The molecule has 3 rings (SSSR count). The van der Waals surface area contributed by atoms with Gasteiger partial charge in [-0.1, -0.05) is 26.0 Å². The van der Waals surface area contributed by atoms with Gasteiger partial charge in [-0.2, -0.15) is 0 Å². The molecule has 86 valence electrons. The number of hydrogen-bond acceptors (Lipinski definition) is 2. The molecule has 1 aliphatic carbocycles. The second-order valence-corrected chi connectivity index (χ2v) is 5.82. The van der Waals surface area contributed by atoms with Crippen molar-refractivity contribution in [3.63, 3.8) is 0 Å². The number of fused-ring (bicyclic) bond motifs is 1. The van der Waals surface area contributed by atoms with Gasteiger partial charge in [-0.05, 0) is 29.5 Å². The molecule has 1 aromatic carbocycles. The maximum absolute atomic E-state index is 6.12. The molecule has 2 heteroatoms. The monoisotopic (exact) mass is 217 g/mol. The molecule has 0 spiro atoms. The fourth-order valence-corrected chi connectivity index (χ4v) is 2.95. The van der Waals surface area contributed by atoms with Crippen molar-refractivity contribution in [1.29, 1.82) is 0 Å². The third-order valence-corrected chi connectivity index (χ3v) is 4.19. The molecule has 1 heterocycles. The lowest BCUT2D eigenvalue weighted by atomic mass is 10.00. The Kier molecular flexibility index (Phi) is 1.91. The van der Waals surface area contributed by atoms with Crippen LogP contribution in [-0.2, 0) is 6.42 Å². The van der Waals surface area contributed by atoms with Crippen LogP contribution in [0.3, 0.4) is 0 Å². The lowest BCUT2D eigenvalue weighted by molar-refractivity contribution is 0.254. The minimum atomic E-state index is 0.263. The molecule has 16 heavy (non-hydrogen) atoms. The van der Waals surface area contributed by atoms with Gasteiger partial charge in [-0.25, -0.2) is 0 Å². The smallest absolute Gasteiger partial charge is 0.123 e. The number of rotatable bonds is 1. The molecule has 0 amide bonds. The van der Waals surface area contributed by atoms with Crippen molar-refractivity contribution < 1.29 is 4.74 Å². The van der Waals surface area contributed by atoms with E-state index in [2.05, 4.69) is 39.0 Å². The first-order valence-electron chi connectivity index (χ1n) is 6.05. The van der Waals surface area contributed by atoms with E-state index < -0.39 is 0 Å². The van der Waals surface area contributed by atoms with Crippen molar-refractivity contribution in [2.75, 3.05) is 0 Å². The van der Waals surface area contributed by atoms with Gasteiger partial charge in [0.1, 0.15) is 11.9 Å². The van der Waals surface area contributed by atoms with Crippen LogP contribution in [0, 0.1) is 5.41 Å². The number of ether oxygens (including phenoxy) is 1. The Bertz CT molecular complexity index is 438. The van der Waals surface area contributed by atoms with Gasteiger partial charge < -0.3 is 10.5 Å². The number of nitrogens with two attached hydrogens (primary N) is 1. The second kappa shape index (κ2) is 3.01. The molecule has 1 aromatic rings. The van der Waals surface area contributed by atoms with E-state index >= 15 is 0 Å². The van der Waals surface area contributed by atoms with Crippen LogP contribution in [0.15, 0.2) is 18.2 Å². The molecule has 1 fully saturated rings. The van der Waals surface area contributed by atoms with Crippen LogP contribution in [0.5, 0.6) is 5.75 Å². The highest BCUT2D eigenvalue weighted by Gasteiger charge is 2.56. The SMILES string of the molecule is CC1Cc2cc(C3C(N)C3(C)C)ccc2O1. The quantitative estimate of drug-likeness (QED) is 0.784. The summed E-state index contributed by atoms with van der Waals surface area (Å²) in [6.45, 7) is 6.61. The summed E-state index contributed by atoms with van der Waals surface area (Å²) in [6, 6.07) is 6.88. The van der Waals surface area contributed by atoms with Gasteiger partial charge in [0.2, 0.25) is 0 Å². The Morgan fingerprint density at radius 1 is 1.38 bits per heavy atom. The van der Waals surface area contributed by atoms with Gasteiger partial charge in [0.05, 0.1) is 0 Å². The topological polar surface area (TPSA) is 35.2 Å². The van der Waals surface area contributed by atoms with Crippen molar-refractivity contribution in [1.82, 2.24) is 0 Å². The van der Waals surface area contributed by atoms with E-state index in [0.717, 1.165) is 12.2 Å². The average molecular weight is 217 g/mol. The molecule has 1 aliphatic heterocycles. The molecule has 2 N–H and O–H groups in total. The lowest BCUT2D eigenvalue weighted by Gasteiger charge is -2.05. The molecular weight excluding hydrogens is 198 g/mol. The fourth-order valence-electron chi connectivity index (χ4n) is 2.95. The largest absolute Gasteiger partial charge is 0.490 e. The highest BCUT2D eigenvalue weighted by atomic mass is 16.5. The molecule has 3 atom stereocenters. The Balaban J connectivity index is 1.92. The first-order valence-corrected chi connectivity index (χ1v) is 6.05. The molecule has 2 aliphatic rings. The summed E-state index contributed by atoms with van der Waals surface area (Å²) >= 11 is 0. The number of hydrogen-bond donors (Lipinski definition) is 1. The van der Waals surface area contributed by atoms with Crippen LogP contribution < -0.4 is 10.5 Å². The van der Waals surface area contributed by atoms with Crippen molar-refractivity contribution in [2.24, 2.45) is 11.1 Å². The summed E-state index contributed by atoms with van der Waals surface area (Å²) in [5.41, 5.74) is 9.11. The van der Waals surface area contributed by atoms with Crippen molar-refractivity contribution in [2.45, 2.75) is 45.3 Å². The lowest BCUT2D eigenvalue weighted by Crippen LogP contribution is -2.06. The average Bonchev–Trinajstić information content (AvgIpc) is 2.57. The van der Waals surface area contributed by atoms with Gasteiger partial charge >= 0.3 is 0 Å². The summed E-state index contributed by atoms with van der Waals surface area (Å²) in [5.74, 6) is 1.58. The van der Waals surface area contributed by atoms with E-state index in [1.54, 1.807) is 0 Å². The summed E-state index contributed by atoms with van der Waals surface area (Å²) < 4.78 is 5.71. The summed E-state index contributed by atoms with van der Waals surface area (Å²) in [5, 5.41) is 0. The van der Waals surface area contributed by atoms with Crippen LogP contribution in [-0.4, -0.2) is 12.1 Å². The molecule has 0 saturated heterocycles. The molecule has 0 bridgehead atoms. The standard InChI is InChI=1S/C14H19NO/c1-8-6-10-7-9(4-5-11(10)16-8)12-13(15)14(12,2)3/h4-5,7-8,12-13H,6,15H2,1-3H3. The van der Waals surface area contributed by atoms with E-state index in [4.69, 9.17) is 10.5 Å². The third kappa shape index (κ3) is 1.29. The van der Waals surface area contributed by atoms with Crippen LogP contribution >= 0.6 is 0 Å². The highest BCUT2D eigenvalue weighted by Crippen LogP contribution is 2.57. The Morgan fingerprint density at radius 2 is 2.06 bits per heavy atom. The highest BCUT2D eigenvalue weighted by molar-refractivity contribution is 5.45. The first-order chi connectivity index (χ1) is 7.50. The molecule has 0 radical (unpaired) electrons. The fraction of sp³-hybridized carbons (Fsp3) is 0.571. The minimum absolute atomic E-state index is 0.263. The van der Waals surface area contributed by atoms with E-state index in [-0.39, 0.29) is 5.41 Å². The van der Waals surface area contributed by atoms with Crippen LogP contribution in [0.2, 0.25) is 0 Å². The van der Waals surface area contributed by atoms with E-state index in [9.17, 15) is 0 Å². The van der Waals surface area contributed by atoms with E-state index in [0.29, 0.717) is 18.1 Å². The summed E-state index contributed by atoms with van der Waals surface area (Å²) in [6.07, 6.45) is 1.36. The normalized spacial score (nSPS) is 34.4. The Labute approximate surface area is 96.8 Å². The van der Waals surface area contributed by atoms with E-state index in [1.165, 1.54) is 11.1 Å². The molecule has 3 unspecified atom stereocenters. The predicted octanol–water partition coefficient (Wildman–Crippen LogP) is 2.46. The van der Waals surface area contributed by atoms with Crippen molar-refractivity contribution >= 4 is 0 Å². The van der Waals surface area contributed by atoms with Crippen LogP contribution in [0.25, 0.3) is 0 Å². The first kappa shape index (κ1) is 10.2. The minimum Gasteiger partial charge on any atom is -0.490 e. The Morgan fingerprint density at radius 3 is 2.69 bits per heavy atom. The van der Waals surface area contributed by atoms with Gasteiger partial charge in [-0.15, -0.1) is 0 Å². The number of benzene rings is 1. The summed E-state index contributed by atoms with van der Waals surface area (Å²) in [4.78, 5) is 0. The van der Waals surface area contributed by atoms with Gasteiger partial charge in [-0.3, -0.25) is 0 Å². The maximum atomic E-state index is 6.12. The van der Waals surface area contributed by atoms with E-state index in [1.807, 2.05) is 0 Å². The zero-order valence-corrected chi connectivity index (χ0v) is 10.2. The van der Waals surface area contributed by atoms with Crippen molar-refractivity contribution in [3.8, 4) is 5.75 Å². The molecule has 2 nitrogen and oxygen atoms in total. The second-order valence-electron chi connectivity index (χ2n) is 5.82. The van der Waals surface area contributed by atoms with Gasteiger partial charge in [0, 0.05) is 18.4 Å². The summed E-state index contributed by atoms with van der Waals surface area (Å²) in [7, 11) is 0. The zero-order chi connectivity index (χ0) is 11.5.